The maximum absolute atomic E-state index is 12.7. The fourth-order valence-electron chi connectivity index (χ4n) is 5.11. The van der Waals surface area contributed by atoms with Crippen molar-refractivity contribution in [2.24, 2.45) is 5.92 Å². The van der Waals surface area contributed by atoms with E-state index >= 15 is 0 Å². The SMILES string of the molecule is COc1ccc(CN2CCc3nnc(C(C)NC(=O)C4CCOCC4)n3CC2)c2ccccc12. The summed E-state index contributed by atoms with van der Waals surface area (Å²) >= 11 is 0. The molecule has 3 heterocycles. The Morgan fingerprint density at radius 3 is 2.71 bits per heavy atom. The predicted molar refractivity (Wildman–Crippen MR) is 130 cm³/mol. The lowest BCUT2D eigenvalue weighted by Crippen LogP contribution is -2.36. The third-order valence-electron chi connectivity index (χ3n) is 7.07. The second-order valence-corrected chi connectivity index (χ2v) is 9.24. The van der Waals surface area contributed by atoms with E-state index in [2.05, 4.69) is 61.4 Å². The van der Waals surface area contributed by atoms with Gasteiger partial charge in [-0.05, 0) is 36.8 Å². The van der Waals surface area contributed by atoms with E-state index in [-0.39, 0.29) is 17.9 Å². The van der Waals surface area contributed by atoms with Crippen LogP contribution in [0.3, 0.4) is 0 Å². The molecule has 0 radical (unpaired) electrons. The summed E-state index contributed by atoms with van der Waals surface area (Å²) in [4.78, 5) is 15.2. The highest BCUT2D eigenvalue weighted by Gasteiger charge is 2.26. The van der Waals surface area contributed by atoms with Crippen molar-refractivity contribution >= 4 is 16.7 Å². The molecule has 1 atom stereocenters. The molecule has 1 saturated heterocycles. The Morgan fingerprint density at radius 1 is 1.12 bits per heavy atom. The quantitative estimate of drug-likeness (QED) is 0.605. The zero-order chi connectivity index (χ0) is 23.5. The third-order valence-corrected chi connectivity index (χ3v) is 7.07. The first-order valence-electron chi connectivity index (χ1n) is 12.2. The Morgan fingerprint density at radius 2 is 1.91 bits per heavy atom. The molecule has 2 aliphatic rings. The van der Waals surface area contributed by atoms with Gasteiger partial charge in [0.15, 0.2) is 5.82 Å². The van der Waals surface area contributed by atoms with Gasteiger partial charge in [0.05, 0.1) is 13.2 Å². The summed E-state index contributed by atoms with van der Waals surface area (Å²) in [5.74, 6) is 2.85. The zero-order valence-corrected chi connectivity index (χ0v) is 20.0. The number of methoxy groups -OCH3 is 1. The van der Waals surface area contributed by atoms with Gasteiger partial charge in [0, 0.05) is 57.1 Å². The number of fused-ring (bicyclic) bond motifs is 2. The molecular weight excluding hydrogens is 430 g/mol. The molecule has 1 unspecified atom stereocenters. The van der Waals surface area contributed by atoms with Crippen LogP contribution in [0.2, 0.25) is 0 Å². The third kappa shape index (κ3) is 4.65. The summed E-state index contributed by atoms with van der Waals surface area (Å²) in [6.07, 6.45) is 2.40. The van der Waals surface area contributed by atoms with Crippen molar-refractivity contribution in [3.63, 3.8) is 0 Å². The summed E-state index contributed by atoms with van der Waals surface area (Å²) in [7, 11) is 1.72. The first kappa shape index (κ1) is 22.8. The average molecular weight is 464 g/mol. The van der Waals surface area contributed by atoms with E-state index < -0.39 is 0 Å². The molecule has 5 rings (SSSR count). The summed E-state index contributed by atoms with van der Waals surface area (Å²) in [5, 5.41) is 14.5. The minimum absolute atomic E-state index is 0.0255. The molecule has 8 heteroatoms. The van der Waals surface area contributed by atoms with E-state index in [1.807, 2.05) is 6.92 Å². The lowest BCUT2D eigenvalue weighted by molar-refractivity contribution is -0.128. The Kier molecular flexibility index (Phi) is 6.78. The molecule has 0 saturated carbocycles. The van der Waals surface area contributed by atoms with E-state index in [0.717, 1.165) is 68.2 Å². The molecule has 0 bridgehead atoms. The number of hydrogen-bond donors (Lipinski definition) is 1. The smallest absolute Gasteiger partial charge is 0.223 e. The molecule has 34 heavy (non-hydrogen) atoms. The Labute approximate surface area is 200 Å². The van der Waals surface area contributed by atoms with Crippen molar-refractivity contribution in [1.82, 2.24) is 25.0 Å². The van der Waals surface area contributed by atoms with Crippen LogP contribution in [0.5, 0.6) is 5.75 Å². The van der Waals surface area contributed by atoms with Crippen molar-refractivity contribution in [3.05, 3.63) is 53.6 Å². The number of carbonyl (C=O) groups is 1. The van der Waals surface area contributed by atoms with E-state index in [1.165, 1.54) is 10.9 Å². The second kappa shape index (κ2) is 10.1. The molecule has 1 fully saturated rings. The van der Waals surface area contributed by atoms with Crippen molar-refractivity contribution < 1.29 is 14.3 Å². The van der Waals surface area contributed by atoms with Crippen LogP contribution >= 0.6 is 0 Å². The number of nitrogens with one attached hydrogen (secondary N) is 1. The number of aromatic nitrogens is 3. The van der Waals surface area contributed by atoms with Gasteiger partial charge >= 0.3 is 0 Å². The second-order valence-electron chi connectivity index (χ2n) is 9.24. The lowest BCUT2D eigenvalue weighted by Gasteiger charge is -2.24. The van der Waals surface area contributed by atoms with Crippen molar-refractivity contribution in [1.29, 1.82) is 0 Å². The number of nitrogens with zero attached hydrogens (tertiary/aromatic N) is 4. The molecule has 0 spiro atoms. The first-order valence-corrected chi connectivity index (χ1v) is 12.2. The molecule has 2 aliphatic heterocycles. The monoisotopic (exact) mass is 463 g/mol. The number of rotatable bonds is 6. The highest BCUT2D eigenvalue weighted by atomic mass is 16.5. The van der Waals surface area contributed by atoms with Gasteiger partial charge in [-0.1, -0.05) is 30.3 Å². The molecule has 2 aromatic carbocycles. The van der Waals surface area contributed by atoms with E-state index in [0.29, 0.717) is 13.2 Å². The highest BCUT2D eigenvalue weighted by molar-refractivity contribution is 5.91. The maximum Gasteiger partial charge on any atom is 0.223 e. The minimum Gasteiger partial charge on any atom is -0.496 e. The number of ether oxygens (including phenoxy) is 2. The summed E-state index contributed by atoms with van der Waals surface area (Å²) in [6.45, 7) is 6.82. The van der Waals surface area contributed by atoms with E-state index in [1.54, 1.807) is 7.11 Å². The van der Waals surface area contributed by atoms with Crippen LogP contribution in [0, 0.1) is 5.92 Å². The average Bonchev–Trinajstić information content (AvgIpc) is 3.19. The van der Waals surface area contributed by atoms with Crippen LogP contribution in [0.1, 0.15) is 43.0 Å². The number of benzene rings is 2. The predicted octanol–water partition coefficient (Wildman–Crippen LogP) is 3.10. The van der Waals surface area contributed by atoms with Crippen molar-refractivity contribution in [2.75, 3.05) is 33.4 Å². The lowest BCUT2D eigenvalue weighted by atomic mass is 9.99. The molecule has 0 aliphatic carbocycles. The van der Waals surface area contributed by atoms with Crippen LogP contribution in [-0.2, 0) is 29.0 Å². The minimum atomic E-state index is -0.173. The molecule has 8 nitrogen and oxygen atoms in total. The molecule has 3 aromatic rings. The zero-order valence-electron chi connectivity index (χ0n) is 20.0. The molecule has 1 N–H and O–H groups in total. The van der Waals surface area contributed by atoms with E-state index in [9.17, 15) is 4.79 Å². The molecule has 1 aromatic heterocycles. The Bertz CT molecular complexity index is 1150. The topological polar surface area (TPSA) is 81.5 Å². The standard InChI is InChI=1S/C26H33N5O3/c1-18(27-26(32)19-10-15-34-16-11-19)25-29-28-24-9-12-30(13-14-31(24)25)17-20-7-8-23(33-2)22-6-4-3-5-21(20)22/h3-8,18-19H,9-17H2,1-2H3,(H,27,32). The highest BCUT2D eigenvalue weighted by Crippen LogP contribution is 2.29. The van der Waals surface area contributed by atoms with Gasteiger partial charge in [0.25, 0.3) is 0 Å². The normalized spacial score (nSPS) is 18.3. The summed E-state index contributed by atoms with van der Waals surface area (Å²) < 4.78 is 13.1. The van der Waals surface area contributed by atoms with Crippen LogP contribution in [0.15, 0.2) is 36.4 Å². The molecule has 180 valence electrons. The van der Waals surface area contributed by atoms with Gasteiger partial charge < -0.3 is 19.4 Å². The molecular formula is C26H33N5O3. The van der Waals surface area contributed by atoms with Crippen molar-refractivity contribution in [3.8, 4) is 5.75 Å². The largest absolute Gasteiger partial charge is 0.496 e. The number of carbonyl (C=O) groups excluding carboxylic acids is 1. The number of amides is 1. The van der Waals surface area contributed by atoms with E-state index in [4.69, 9.17) is 9.47 Å². The Balaban J connectivity index is 1.26. The van der Waals surface area contributed by atoms with Gasteiger partial charge in [0.1, 0.15) is 11.6 Å². The van der Waals surface area contributed by atoms with Crippen LogP contribution in [-0.4, -0.2) is 59.0 Å². The van der Waals surface area contributed by atoms with Crippen LogP contribution < -0.4 is 10.1 Å². The summed E-state index contributed by atoms with van der Waals surface area (Å²) in [5.41, 5.74) is 1.30. The number of hydrogen-bond acceptors (Lipinski definition) is 6. The van der Waals surface area contributed by atoms with Gasteiger partial charge in [-0.2, -0.15) is 0 Å². The van der Waals surface area contributed by atoms with Gasteiger partial charge in [0.2, 0.25) is 5.91 Å². The van der Waals surface area contributed by atoms with Crippen LogP contribution in [0.4, 0.5) is 0 Å². The first-order chi connectivity index (χ1) is 16.6. The fraction of sp³-hybridized carbons (Fsp3) is 0.500. The van der Waals surface area contributed by atoms with Gasteiger partial charge in [-0.25, -0.2) is 0 Å². The van der Waals surface area contributed by atoms with Gasteiger partial charge in [-0.3, -0.25) is 9.69 Å². The van der Waals surface area contributed by atoms with Crippen LogP contribution in [0.25, 0.3) is 10.8 Å². The molecule has 1 amide bonds. The fourth-order valence-corrected chi connectivity index (χ4v) is 5.11. The van der Waals surface area contributed by atoms with Gasteiger partial charge in [-0.15, -0.1) is 10.2 Å². The summed E-state index contributed by atoms with van der Waals surface area (Å²) in [6, 6.07) is 12.5. The Hall–Kier alpha value is -2.97. The van der Waals surface area contributed by atoms with Crippen molar-refractivity contribution in [2.45, 2.75) is 45.3 Å². The maximum atomic E-state index is 12.7.